The summed E-state index contributed by atoms with van der Waals surface area (Å²) < 4.78 is 56.6. The van der Waals surface area contributed by atoms with Crippen LogP contribution in [0, 0.1) is 29.9 Å². The summed E-state index contributed by atoms with van der Waals surface area (Å²) in [5.74, 6) is -2.85. The Hall–Kier alpha value is -5.32. The molecule has 14 heteroatoms. The molecular weight excluding hydrogens is 532 g/mol. The van der Waals surface area contributed by atoms with E-state index in [4.69, 9.17) is 0 Å². The minimum absolute atomic E-state index is 0.0543. The molecule has 3 aromatic heterocycles. The van der Waals surface area contributed by atoms with Gasteiger partial charge >= 0.3 is 11.4 Å². The van der Waals surface area contributed by atoms with Crippen molar-refractivity contribution in [2.75, 3.05) is 5.32 Å². The average Bonchev–Trinajstić information content (AvgIpc) is 3.29. The van der Waals surface area contributed by atoms with Crippen molar-refractivity contribution in [1.29, 1.82) is 5.26 Å². The molecule has 0 atom stereocenters. The van der Waals surface area contributed by atoms with Gasteiger partial charge in [-0.25, -0.2) is 31.7 Å². The van der Waals surface area contributed by atoms with E-state index in [2.05, 4.69) is 20.4 Å². The van der Waals surface area contributed by atoms with Crippen molar-refractivity contribution in [3.05, 3.63) is 104 Å². The molecule has 0 aliphatic carbocycles. The molecule has 0 fully saturated rings. The number of hydrogen-bond acceptors (Lipinski definition) is 7. The van der Waals surface area contributed by atoms with E-state index in [1.54, 1.807) is 37.3 Å². The third kappa shape index (κ3) is 5.17. The molecule has 0 saturated heterocycles. The summed E-state index contributed by atoms with van der Waals surface area (Å²) in [4.78, 5) is 34.7. The van der Waals surface area contributed by atoms with Crippen molar-refractivity contribution in [3.8, 4) is 11.8 Å². The van der Waals surface area contributed by atoms with E-state index in [0.717, 1.165) is 25.9 Å². The molecule has 2 aromatic carbocycles. The summed E-state index contributed by atoms with van der Waals surface area (Å²) in [6, 6.07) is 9.68. The van der Waals surface area contributed by atoms with Crippen LogP contribution in [-0.4, -0.2) is 35.3 Å². The van der Waals surface area contributed by atoms with Gasteiger partial charge in [0.15, 0.2) is 11.6 Å². The second-order valence-electron chi connectivity index (χ2n) is 8.83. The maximum atomic E-state index is 14.2. The first-order valence-electron chi connectivity index (χ1n) is 11.7. The largest absolute Gasteiger partial charge is 0.359 e. The Morgan fingerprint density at radius 1 is 1.10 bits per heavy atom. The van der Waals surface area contributed by atoms with Gasteiger partial charge in [-0.2, -0.15) is 15.3 Å². The van der Waals surface area contributed by atoms with Crippen molar-refractivity contribution < 1.29 is 17.6 Å². The fraction of sp³-hybridized carbons (Fsp3) is 0.154. The molecule has 0 unspecified atom stereocenters. The van der Waals surface area contributed by atoms with E-state index >= 15 is 0 Å². The molecular formula is C26H18F4N8O2. The molecule has 10 nitrogen and oxygen atoms in total. The van der Waals surface area contributed by atoms with Crippen LogP contribution in [0.15, 0.2) is 64.6 Å². The molecule has 40 heavy (non-hydrogen) atoms. The van der Waals surface area contributed by atoms with Crippen LogP contribution in [0.5, 0.6) is 0 Å². The minimum Gasteiger partial charge on any atom is -0.325 e. The number of nitrogens with zero attached hydrogens (tertiary/aromatic N) is 7. The predicted molar refractivity (Wildman–Crippen MR) is 136 cm³/mol. The molecule has 0 aliphatic rings. The summed E-state index contributed by atoms with van der Waals surface area (Å²) in [5, 5.41) is 16.6. The highest BCUT2D eigenvalue weighted by Crippen LogP contribution is 2.22. The lowest BCUT2D eigenvalue weighted by atomic mass is 10.1. The Labute approximate surface area is 222 Å². The van der Waals surface area contributed by atoms with Crippen molar-refractivity contribution >= 4 is 22.5 Å². The third-order valence-corrected chi connectivity index (χ3v) is 5.87. The molecule has 5 aromatic rings. The smallest absolute Gasteiger partial charge is 0.325 e. The zero-order chi connectivity index (χ0) is 28.6. The number of anilines is 2. The molecule has 1 N–H and O–H groups in total. The Balaban J connectivity index is 1.63. The highest BCUT2D eigenvalue weighted by atomic mass is 19.3. The van der Waals surface area contributed by atoms with E-state index in [-0.39, 0.29) is 17.2 Å². The first kappa shape index (κ1) is 26.3. The lowest BCUT2D eigenvalue weighted by molar-refractivity contribution is 0.122. The second kappa shape index (κ2) is 10.4. The molecule has 5 rings (SSSR count). The summed E-state index contributed by atoms with van der Waals surface area (Å²) >= 11 is 0. The van der Waals surface area contributed by atoms with Crippen LogP contribution in [0.25, 0.3) is 16.6 Å². The maximum Gasteiger partial charge on any atom is 0.359 e. The van der Waals surface area contributed by atoms with Crippen LogP contribution in [0.2, 0.25) is 0 Å². The predicted octanol–water partition coefficient (Wildman–Crippen LogP) is 3.65. The zero-order valence-corrected chi connectivity index (χ0v) is 20.6. The highest BCUT2D eigenvalue weighted by molar-refractivity contribution is 5.82. The number of hydrogen-bond donors (Lipinski definition) is 1. The molecule has 0 spiro atoms. The Morgan fingerprint density at radius 3 is 2.62 bits per heavy atom. The molecule has 0 aliphatic heterocycles. The van der Waals surface area contributed by atoms with Gasteiger partial charge in [-0.05, 0) is 54.4 Å². The summed E-state index contributed by atoms with van der Waals surface area (Å²) in [6.07, 6.45) is 1.64. The van der Waals surface area contributed by atoms with E-state index in [0.29, 0.717) is 22.2 Å². The zero-order valence-electron chi connectivity index (χ0n) is 20.6. The van der Waals surface area contributed by atoms with Gasteiger partial charge in [-0.1, -0.05) is 0 Å². The quantitative estimate of drug-likeness (QED) is 0.307. The number of benzene rings is 2. The number of rotatable bonds is 7. The number of fused-ring (bicyclic) bond motifs is 1. The van der Waals surface area contributed by atoms with Crippen LogP contribution < -0.4 is 16.7 Å². The maximum absolute atomic E-state index is 14.2. The Kier molecular flexibility index (Phi) is 6.87. The van der Waals surface area contributed by atoms with Gasteiger partial charge in [0.25, 0.3) is 6.43 Å². The van der Waals surface area contributed by atoms with Gasteiger partial charge in [-0.15, -0.1) is 0 Å². The SMILES string of the molecule is Cc1cncc(-n2c(=O)nc(Nc3ccc4nn(CC(F)F)cc4c3)n(Cc3cc(F)c(F)c(C#N)c3)c2=O)c1. The van der Waals surface area contributed by atoms with Crippen LogP contribution in [0.4, 0.5) is 29.2 Å². The van der Waals surface area contributed by atoms with Crippen molar-refractivity contribution in [1.82, 2.24) is 28.9 Å². The molecule has 0 saturated carbocycles. The van der Waals surface area contributed by atoms with Crippen molar-refractivity contribution in [3.63, 3.8) is 0 Å². The number of alkyl halides is 2. The number of aryl methyl sites for hydroxylation is 1. The summed E-state index contributed by atoms with van der Waals surface area (Å²) in [6.45, 7) is 0.728. The number of aromatic nitrogens is 6. The van der Waals surface area contributed by atoms with E-state index < -0.39 is 48.1 Å². The fourth-order valence-electron chi connectivity index (χ4n) is 4.13. The summed E-state index contributed by atoms with van der Waals surface area (Å²) in [5.41, 5.74) is -0.747. The first-order chi connectivity index (χ1) is 19.1. The lowest BCUT2D eigenvalue weighted by Crippen LogP contribution is -2.41. The van der Waals surface area contributed by atoms with E-state index in [9.17, 15) is 32.4 Å². The van der Waals surface area contributed by atoms with E-state index in [1.165, 1.54) is 18.6 Å². The fourth-order valence-corrected chi connectivity index (χ4v) is 4.13. The average molecular weight is 550 g/mol. The molecule has 0 bridgehead atoms. The number of halogens is 4. The van der Waals surface area contributed by atoms with Gasteiger partial charge in [0.2, 0.25) is 5.95 Å². The van der Waals surface area contributed by atoms with Crippen LogP contribution in [0.3, 0.4) is 0 Å². The molecule has 0 amide bonds. The molecule has 3 heterocycles. The summed E-state index contributed by atoms with van der Waals surface area (Å²) in [7, 11) is 0. The molecule has 202 valence electrons. The standard InChI is InChI=1S/C26H18F4N8O2/c1-14-4-19(10-32-9-14)38-25(39)34-24(33-18-2-3-21-17(7-18)12-36(35-21)13-22(28)29)37(26(38)40)11-15-5-16(8-31)23(30)20(27)6-15/h2-7,9-10,12,22H,11,13H2,1H3,(H,33,34,39). The van der Waals surface area contributed by atoms with Gasteiger partial charge in [-0.3, -0.25) is 14.2 Å². The second-order valence-corrected chi connectivity index (χ2v) is 8.83. The Morgan fingerprint density at radius 2 is 1.90 bits per heavy atom. The van der Waals surface area contributed by atoms with Crippen molar-refractivity contribution in [2.24, 2.45) is 0 Å². The Bertz CT molecular complexity index is 1920. The monoisotopic (exact) mass is 550 g/mol. The minimum atomic E-state index is -2.60. The normalized spacial score (nSPS) is 11.2. The highest BCUT2D eigenvalue weighted by Gasteiger charge is 2.18. The van der Waals surface area contributed by atoms with E-state index in [1.807, 2.05) is 0 Å². The van der Waals surface area contributed by atoms with Crippen LogP contribution >= 0.6 is 0 Å². The van der Waals surface area contributed by atoms with Crippen molar-refractivity contribution in [2.45, 2.75) is 26.4 Å². The van der Waals surface area contributed by atoms with Gasteiger partial charge < -0.3 is 5.32 Å². The van der Waals surface area contributed by atoms with Gasteiger partial charge in [0, 0.05) is 23.5 Å². The number of nitriles is 1. The number of nitrogens with one attached hydrogen (secondary N) is 1. The number of pyridine rings is 1. The van der Waals surface area contributed by atoms with Gasteiger partial charge in [0.1, 0.15) is 12.6 Å². The first-order valence-corrected chi connectivity index (χ1v) is 11.7. The molecule has 0 radical (unpaired) electrons. The van der Waals surface area contributed by atoms with Crippen LogP contribution in [0.1, 0.15) is 16.7 Å². The lowest BCUT2D eigenvalue weighted by Gasteiger charge is -2.16. The van der Waals surface area contributed by atoms with Crippen LogP contribution in [-0.2, 0) is 13.1 Å². The third-order valence-electron chi connectivity index (χ3n) is 5.87. The van der Waals surface area contributed by atoms with Gasteiger partial charge in [0.05, 0.1) is 29.5 Å². The topological polar surface area (TPSA) is 123 Å².